The van der Waals surface area contributed by atoms with Crippen LogP contribution >= 0.6 is 0 Å². The van der Waals surface area contributed by atoms with E-state index < -0.39 is 48.8 Å². The summed E-state index contributed by atoms with van der Waals surface area (Å²) in [5.41, 5.74) is 2.41. The van der Waals surface area contributed by atoms with Crippen LogP contribution in [0, 0.1) is 13.8 Å². The van der Waals surface area contributed by atoms with Crippen LogP contribution in [-0.2, 0) is 20.9 Å². The average Bonchev–Trinajstić information content (AvgIpc) is 2.79. The molecule has 196 valence electrons. The van der Waals surface area contributed by atoms with Crippen molar-refractivity contribution in [2.45, 2.75) is 58.8 Å². The minimum Gasteiger partial charge on any atom is -0.444 e. The number of rotatable bonds is 10. The second kappa shape index (κ2) is 13.0. The van der Waals surface area contributed by atoms with Crippen molar-refractivity contribution in [3.05, 3.63) is 70.8 Å². The molecule has 0 saturated heterocycles. The van der Waals surface area contributed by atoms with Crippen molar-refractivity contribution in [2.75, 3.05) is 19.8 Å². The van der Waals surface area contributed by atoms with Crippen LogP contribution in [0.5, 0.6) is 0 Å². The molecule has 0 spiro atoms. The maximum atomic E-state index is 13.5. The van der Waals surface area contributed by atoms with Crippen LogP contribution in [0.2, 0.25) is 0 Å². The lowest BCUT2D eigenvalue weighted by Crippen LogP contribution is -2.55. The Labute approximate surface area is 212 Å². The number of carbonyl (C=O) groups is 3. The summed E-state index contributed by atoms with van der Waals surface area (Å²) in [7, 11) is 0. The number of hydrogen-bond donors (Lipinski definition) is 4. The fourth-order valence-corrected chi connectivity index (χ4v) is 3.83. The molecule has 9 nitrogen and oxygen atoms in total. The number of aliphatic hydroxyl groups excluding tert-OH is 2. The molecule has 0 radical (unpaired) electrons. The summed E-state index contributed by atoms with van der Waals surface area (Å²) in [6.45, 7) is 7.69. The summed E-state index contributed by atoms with van der Waals surface area (Å²) in [5, 5.41) is 24.9. The molecule has 0 aromatic heterocycles. The van der Waals surface area contributed by atoms with E-state index >= 15 is 0 Å². The maximum absolute atomic E-state index is 13.5. The number of nitrogens with one attached hydrogen (secondary N) is 2. The third kappa shape index (κ3) is 8.66. The number of hydrogen-bond acceptors (Lipinski definition) is 6. The smallest absolute Gasteiger partial charge is 0.408 e. The maximum Gasteiger partial charge on any atom is 0.408 e. The van der Waals surface area contributed by atoms with Gasteiger partial charge in [0.1, 0.15) is 17.7 Å². The van der Waals surface area contributed by atoms with E-state index in [0.29, 0.717) is 5.56 Å². The molecule has 2 atom stereocenters. The third-order valence-corrected chi connectivity index (χ3v) is 5.22. The molecule has 36 heavy (non-hydrogen) atoms. The highest BCUT2D eigenvalue weighted by Gasteiger charge is 2.36. The Balaban J connectivity index is 2.41. The van der Waals surface area contributed by atoms with Crippen molar-refractivity contribution in [3.8, 4) is 0 Å². The van der Waals surface area contributed by atoms with Crippen LogP contribution in [0.3, 0.4) is 0 Å². The van der Waals surface area contributed by atoms with Gasteiger partial charge in [0.2, 0.25) is 11.8 Å². The summed E-state index contributed by atoms with van der Waals surface area (Å²) in [4.78, 5) is 40.5. The van der Waals surface area contributed by atoms with Gasteiger partial charge in [0.15, 0.2) is 0 Å². The quantitative estimate of drug-likeness (QED) is 0.397. The molecule has 0 saturated carbocycles. The molecule has 0 aliphatic carbocycles. The summed E-state index contributed by atoms with van der Waals surface area (Å²) in [6.07, 6.45) is -0.879. The third-order valence-electron chi connectivity index (χ3n) is 5.22. The lowest BCUT2D eigenvalue weighted by molar-refractivity contribution is -0.143. The van der Waals surface area contributed by atoms with Crippen molar-refractivity contribution >= 4 is 17.9 Å². The number of aliphatic hydroxyl groups is 2. The van der Waals surface area contributed by atoms with Crippen LogP contribution in [-0.4, -0.2) is 64.4 Å². The second-order valence-electron chi connectivity index (χ2n) is 9.66. The molecule has 0 aliphatic rings. The largest absolute Gasteiger partial charge is 0.444 e. The van der Waals surface area contributed by atoms with Gasteiger partial charge in [-0.1, -0.05) is 59.7 Å². The molecule has 0 bridgehead atoms. The Morgan fingerprint density at radius 1 is 1.00 bits per heavy atom. The van der Waals surface area contributed by atoms with Gasteiger partial charge in [-0.05, 0) is 45.7 Å². The Morgan fingerprint density at radius 2 is 1.61 bits per heavy atom. The minimum atomic E-state index is -1.37. The zero-order valence-electron chi connectivity index (χ0n) is 21.6. The lowest BCUT2D eigenvalue weighted by atomic mass is 9.98. The Kier molecular flexibility index (Phi) is 10.4. The van der Waals surface area contributed by atoms with E-state index in [2.05, 4.69) is 10.6 Å². The lowest BCUT2D eigenvalue weighted by Gasteiger charge is -2.34. The van der Waals surface area contributed by atoms with E-state index in [1.54, 1.807) is 32.9 Å². The van der Waals surface area contributed by atoms with Gasteiger partial charge in [-0.2, -0.15) is 0 Å². The molecular weight excluding hydrogens is 462 g/mol. The fourth-order valence-electron chi connectivity index (χ4n) is 3.83. The first-order valence-corrected chi connectivity index (χ1v) is 11.9. The van der Waals surface area contributed by atoms with Crippen molar-refractivity contribution in [3.63, 3.8) is 0 Å². The fraction of sp³-hybridized carbons (Fsp3) is 0.444. The standard InChI is InChI=1S/C27H37N3O6/c1-18-13-19(2)15-21(14-18)23(24(33)28-16-20-9-7-6-8-10-20)30(11-12-31)25(34)22(17-32)29-26(35)36-27(3,4)5/h6-10,13-15,22-23,31-32H,11-12,16-17H2,1-5H3,(H,28,33)(H,29,35). The number of nitrogens with zero attached hydrogens (tertiary/aromatic N) is 1. The predicted molar refractivity (Wildman–Crippen MR) is 136 cm³/mol. The van der Waals surface area contributed by atoms with Gasteiger partial charge in [0, 0.05) is 13.1 Å². The van der Waals surface area contributed by atoms with Crippen LogP contribution in [0.15, 0.2) is 48.5 Å². The first kappa shape index (κ1) is 28.8. The van der Waals surface area contributed by atoms with Gasteiger partial charge >= 0.3 is 6.09 Å². The first-order valence-electron chi connectivity index (χ1n) is 11.9. The van der Waals surface area contributed by atoms with Crippen LogP contribution < -0.4 is 10.6 Å². The first-order chi connectivity index (χ1) is 16.9. The highest BCUT2D eigenvalue weighted by molar-refractivity contribution is 5.92. The molecule has 9 heteroatoms. The van der Waals surface area contributed by atoms with E-state index in [4.69, 9.17) is 4.74 Å². The van der Waals surface area contributed by atoms with E-state index in [0.717, 1.165) is 16.7 Å². The Bertz CT molecular complexity index is 1020. The molecule has 0 heterocycles. The highest BCUT2D eigenvalue weighted by Crippen LogP contribution is 2.25. The number of alkyl carbamates (subject to hydrolysis) is 1. The number of aryl methyl sites for hydroxylation is 2. The average molecular weight is 500 g/mol. The minimum absolute atomic E-state index is 0.193. The molecule has 2 rings (SSSR count). The van der Waals surface area contributed by atoms with E-state index in [-0.39, 0.29) is 13.1 Å². The normalized spacial score (nSPS) is 12.9. The highest BCUT2D eigenvalue weighted by atomic mass is 16.6. The predicted octanol–water partition coefficient (Wildman–Crippen LogP) is 2.37. The molecule has 3 amide bonds. The van der Waals surface area contributed by atoms with Gasteiger partial charge in [-0.3, -0.25) is 9.59 Å². The molecule has 2 aromatic carbocycles. The number of carbonyl (C=O) groups excluding carboxylic acids is 3. The molecular formula is C27H37N3O6. The van der Waals surface area contributed by atoms with Crippen molar-refractivity contribution < 1.29 is 29.3 Å². The van der Waals surface area contributed by atoms with Gasteiger partial charge in [-0.25, -0.2) is 4.79 Å². The number of benzene rings is 2. The zero-order chi connectivity index (χ0) is 26.9. The number of amides is 3. The zero-order valence-corrected chi connectivity index (χ0v) is 21.6. The van der Waals surface area contributed by atoms with E-state index in [1.165, 1.54) is 4.90 Å². The molecule has 0 aliphatic heterocycles. The van der Waals surface area contributed by atoms with Crippen LogP contribution in [0.4, 0.5) is 4.79 Å². The van der Waals surface area contributed by atoms with Crippen LogP contribution in [0.25, 0.3) is 0 Å². The molecule has 0 fully saturated rings. The van der Waals surface area contributed by atoms with Crippen molar-refractivity contribution in [1.29, 1.82) is 0 Å². The second-order valence-corrected chi connectivity index (χ2v) is 9.66. The van der Waals surface area contributed by atoms with Crippen molar-refractivity contribution in [2.24, 2.45) is 0 Å². The summed E-state index contributed by atoms with van der Waals surface area (Å²) < 4.78 is 5.21. The summed E-state index contributed by atoms with van der Waals surface area (Å²) in [6, 6.07) is 12.4. The Morgan fingerprint density at radius 3 is 2.14 bits per heavy atom. The Hall–Kier alpha value is -3.43. The van der Waals surface area contributed by atoms with Crippen LogP contribution in [0.1, 0.15) is 49.1 Å². The van der Waals surface area contributed by atoms with E-state index in [1.807, 2.05) is 50.2 Å². The molecule has 4 N–H and O–H groups in total. The summed E-state index contributed by atoms with van der Waals surface area (Å²) in [5.74, 6) is -1.18. The van der Waals surface area contributed by atoms with E-state index in [9.17, 15) is 24.6 Å². The monoisotopic (exact) mass is 499 g/mol. The topological polar surface area (TPSA) is 128 Å². The molecule has 2 unspecified atom stereocenters. The SMILES string of the molecule is Cc1cc(C)cc(C(C(=O)NCc2ccccc2)N(CCO)C(=O)C(CO)NC(=O)OC(C)(C)C)c1. The number of ether oxygens (including phenoxy) is 1. The summed E-state index contributed by atoms with van der Waals surface area (Å²) >= 11 is 0. The molecule has 2 aromatic rings. The van der Waals surface area contributed by atoms with Gasteiger partial charge < -0.3 is 30.5 Å². The van der Waals surface area contributed by atoms with Gasteiger partial charge in [-0.15, -0.1) is 0 Å². The van der Waals surface area contributed by atoms with Gasteiger partial charge in [0.05, 0.1) is 13.2 Å². The van der Waals surface area contributed by atoms with Gasteiger partial charge in [0.25, 0.3) is 0 Å². The van der Waals surface area contributed by atoms with Crippen molar-refractivity contribution in [1.82, 2.24) is 15.5 Å².